The summed E-state index contributed by atoms with van der Waals surface area (Å²) in [6, 6.07) is 19.4. The van der Waals surface area contributed by atoms with E-state index in [-0.39, 0.29) is 11.4 Å². The van der Waals surface area contributed by atoms with Gasteiger partial charge in [0.05, 0.1) is 28.7 Å². The maximum absolute atomic E-state index is 13.2. The molecule has 2 amide bonds. The summed E-state index contributed by atoms with van der Waals surface area (Å²) in [5.74, 6) is -2.25. The van der Waals surface area contributed by atoms with Crippen LogP contribution in [0.2, 0.25) is 5.02 Å². The lowest BCUT2D eigenvalue weighted by atomic mass is 10.0. The second-order valence-corrected chi connectivity index (χ2v) is 7.78. The Labute approximate surface area is 204 Å². The molecule has 6 nitrogen and oxygen atoms in total. The highest BCUT2D eigenvalue weighted by atomic mass is 35.5. The second-order valence-electron chi connectivity index (χ2n) is 7.38. The van der Waals surface area contributed by atoms with Gasteiger partial charge in [0, 0.05) is 5.56 Å². The van der Waals surface area contributed by atoms with E-state index in [1.165, 1.54) is 6.07 Å². The third kappa shape index (κ3) is 7.31. The zero-order chi connectivity index (χ0) is 25.4. The van der Waals surface area contributed by atoms with E-state index < -0.39 is 47.9 Å². The van der Waals surface area contributed by atoms with Gasteiger partial charge < -0.3 is 15.4 Å². The van der Waals surface area contributed by atoms with E-state index in [0.29, 0.717) is 11.1 Å². The van der Waals surface area contributed by atoms with Crippen molar-refractivity contribution in [2.45, 2.75) is 18.6 Å². The molecule has 2 N–H and O–H groups in total. The van der Waals surface area contributed by atoms with Gasteiger partial charge in [-0.1, -0.05) is 66.2 Å². The molecule has 182 valence electrons. The summed E-state index contributed by atoms with van der Waals surface area (Å²) in [7, 11) is 0. The third-order valence-electron chi connectivity index (χ3n) is 4.86. The summed E-state index contributed by atoms with van der Waals surface area (Å²) in [6.45, 7) is -0.838. The SMILES string of the molecule is O=C(COC(=O)CC(NC(=O)c1ccccc1)c1ccccc1)Nc1c(Cl)cccc1C(F)(F)F. The fourth-order valence-corrected chi connectivity index (χ4v) is 3.42. The van der Waals surface area contributed by atoms with Crippen LogP contribution in [0.3, 0.4) is 0 Å². The number of halogens is 4. The molecule has 0 aliphatic rings. The zero-order valence-electron chi connectivity index (χ0n) is 18.1. The fraction of sp³-hybridized carbons (Fsp3) is 0.160. The number of esters is 1. The molecule has 3 aromatic rings. The second kappa shape index (κ2) is 11.5. The van der Waals surface area contributed by atoms with Gasteiger partial charge in [-0.3, -0.25) is 14.4 Å². The standard InChI is InChI=1S/C25H20ClF3N2O4/c26-19-13-7-12-18(25(27,28)29)23(19)31-21(32)15-35-22(33)14-20(16-8-3-1-4-9-16)30-24(34)17-10-5-2-6-11-17/h1-13,20H,14-15H2,(H,30,34)(H,31,32). The van der Waals surface area contributed by atoms with E-state index in [2.05, 4.69) is 5.32 Å². The molecule has 0 saturated heterocycles. The number of ether oxygens (including phenoxy) is 1. The van der Waals surface area contributed by atoms with Gasteiger partial charge in [-0.25, -0.2) is 0 Å². The molecule has 0 aromatic heterocycles. The van der Waals surface area contributed by atoms with Crippen molar-refractivity contribution < 1.29 is 32.3 Å². The maximum atomic E-state index is 13.2. The van der Waals surface area contributed by atoms with Crippen molar-refractivity contribution in [3.8, 4) is 0 Å². The molecule has 1 atom stereocenters. The number of benzene rings is 3. The van der Waals surface area contributed by atoms with Crippen molar-refractivity contribution in [1.29, 1.82) is 0 Å². The predicted molar refractivity (Wildman–Crippen MR) is 124 cm³/mol. The number of nitrogens with one attached hydrogen (secondary N) is 2. The highest BCUT2D eigenvalue weighted by Gasteiger charge is 2.35. The van der Waals surface area contributed by atoms with Crippen LogP contribution < -0.4 is 10.6 Å². The van der Waals surface area contributed by atoms with Crippen molar-refractivity contribution >= 4 is 35.1 Å². The largest absolute Gasteiger partial charge is 0.455 e. The fourth-order valence-electron chi connectivity index (χ4n) is 3.20. The van der Waals surface area contributed by atoms with Gasteiger partial charge in [-0.2, -0.15) is 13.2 Å². The lowest BCUT2D eigenvalue weighted by molar-refractivity contribution is -0.148. The summed E-state index contributed by atoms with van der Waals surface area (Å²) < 4.78 is 44.5. The van der Waals surface area contributed by atoms with Crippen molar-refractivity contribution in [2.75, 3.05) is 11.9 Å². The van der Waals surface area contributed by atoms with Gasteiger partial charge in [0.15, 0.2) is 6.61 Å². The summed E-state index contributed by atoms with van der Waals surface area (Å²) in [5, 5.41) is 4.49. The Morgan fingerprint density at radius 1 is 0.886 bits per heavy atom. The Morgan fingerprint density at radius 3 is 2.14 bits per heavy atom. The van der Waals surface area contributed by atoms with Crippen LogP contribution in [0.5, 0.6) is 0 Å². The Hall–Kier alpha value is -3.85. The monoisotopic (exact) mass is 504 g/mol. The maximum Gasteiger partial charge on any atom is 0.418 e. The highest BCUT2D eigenvalue weighted by molar-refractivity contribution is 6.34. The van der Waals surface area contributed by atoms with Crippen LogP contribution in [0, 0.1) is 0 Å². The van der Waals surface area contributed by atoms with Crippen molar-refractivity contribution in [2.24, 2.45) is 0 Å². The molecule has 0 fully saturated rings. The van der Waals surface area contributed by atoms with Gasteiger partial charge >= 0.3 is 12.1 Å². The van der Waals surface area contributed by atoms with Crippen LogP contribution >= 0.6 is 11.6 Å². The number of para-hydroxylation sites is 1. The number of carbonyl (C=O) groups is 3. The first-order chi connectivity index (χ1) is 16.6. The summed E-state index contributed by atoms with van der Waals surface area (Å²) in [6.07, 6.45) is -5.06. The topological polar surface area (TPSA) is 84.5 Å². The molecule has 0 aliphatic heterocycles. The number of amides is 2. The molecule has 0 radical (unpaired) electrons. The van der Waals surface area contributed by atoms with E-state index in [9.17, 15) is 27.6 Å². The first kappa shape index (κ1) is 25.8. The van der Waals surface area contributed by atoms with Gasteiger partial charge in [-0.15, -0.1) is 0 Å². The first-order valence-corrected chi connectivity index (χ1v) is 10.7. The molecule has 3 rings (SSSR count). The van der Waals surface area contributed by atoms with E-state index in [1.54, 1.807) is 60.7 Å². The van der Waals surface area contributed by atoms with Gasteiger partial charge in [0.2, 0.25) is 0 Å². The molecular weight excluding hydrogens is 485 g/mol. The van der Waals surface area contributed by atoms with Crippen molar-refractivity contribution in [3.63, 3.8) is 0 Å². The molecule has 0 heterocycles. The normalized spacial score (nSPS) is 11.9. The van der Waals surface area contributed by atoms with E-state index in [0.717, 1.165) is 12.1 Å². The zero-order valence-corrected chi connectivity index (χ0v) is 18.9. The minimum atomic E-state index is -4.75. The van der Waals surface area contributed by atoms with Crippen LogP contribution in [-0.2, 0) is 20.5 Å². The van der Waals surface area contributed by atoms with Crippen LogP contribution in [0.25, 0.3) is 0 Å². The average molecular weight is 505 g/mol. The number of hydrogen-bond acceptors (Lipinski definition) is 4. The summed E-state index contributed by atoms with van der Waals surface area (Å²) in [5.41, 5.74) is -0.733. The van der Waals surface area contributed by atoms with Crippen LogP contribution in [0.1, 0.15) is 33.9 Å². The molecule has 0 aliphatic carbocycles. The van der Waals surface area contributed by atoms with Crippen LogP contribution in [0.15, 0.2) is 78.9 Å². The Bertz CT molecular complexity index is 1190. The van der Waals surface area contributed by atoms with E-state index >= 15 is 0 Å². The third-order valence-corrected chi connectivity index (χ3v) is 5.18. The predicted octanol–water partition coefficient (Wildman–Crippen LogP) is 5.40. The minimum Gasteiger partial charge on any atom is -0.455 e. The molecule has 1 unspecified atom stereocenters. The summed E-state index contributed by atoms with van der Waals surface area (Å²) in [4.78, 5) is 37.2. The first-order valence-electron chi connectivity index (χ1n) is 10.4. The smallest absolute Gasteiger partial charge is 0.418 e. The molecular formula is C25H20ClF3N2O4. The molecule has 10 heteroatoms. The lowest BCUT2D eigenvalue weighted by Crippen LogP contribution is -2.31. The molecule has 0 spiro atoms. The van der Waals surface area contributed by atoms with E-state index in [4.69, 9.17) is 16.3 Å². The number of rotatable bonds is 8. The number of hydrogen-bond donors (Lipinski definition) is 2. The Balaban J connectivity index is 1.64. The Kier molecular flexibility index (Phi) is 8.48. The number of anilines is 1. The molecule has 3 aromatic carbocycles. The number of carbonyl (C=O) groups excluding carboxylic acids is 3. The average Bonchev–Trinajstić information content (AvgIpc) is 2.84. The van der Waals surface area contributed by atoms with Gasteiger partial charge in [0.1, 0.15) is 0 Å². The van der Waals surface area contributed by atoms with Crippen LogP contribution in [0.4, 0.5) is 18.9 Å². The molecule has 0 bridgehead atoms. The lowest BCUT2D eigenvalue weighted by Gasteiger charge is -2.19. The van der Waals surface area contributed by atoms with Crippen molar-refractivity contribution in [1.82, 2.24) is 5.32 Å². The minimum absolute atomic E-state index is 0.310. The molecule has 0 saturated carbocycles. The summed E-state index contributed by atoms with van der Waals surface area (Å²) >= 11 is 5.82. The van der Waals surface area contributed by atoms with Crippen molar-refractivity contribution in [3.05, 3.63) is 101 Å². The Morgan fingerprint density at radius 2 is 1.51 bits per heavy atom. The quantitative estimate of drug-likeness (QED) is 0.402. The van der Waals surface area contributed by atoms with Gasteiger partial charge in [-0.05, 0) is 29.8 Å². The van der Waals surface area contributed by atoms with Crippen LogP contribution in [-0.4, -0.2) is 24.4 Å². The molecule has 35 heavy (non-hydrogen) atoms. The van der Waals surface area contributed by atoms with Gasteiger partial charge in [0.25, 0.3) is 11.8 Å². The number of alkyl halides is 3. The highest BCUT2D eigenvalue weighted by Crippen LogP contribution is 2.38. The van der Waals surface area contributed by atoms with E-state index in [1.807, 2.05) is 5.32 Å².